The molecule has 0 radical (unpaired) electrons. The molecule has 15 heavy (non-hydrogen) atoms. The fourth-order valence-corrected chi connectivity index (χ4v) is 0.967. The average molecular weight is 214 g/mol. The average Bonchev–Trinajstić information content (AvgIpc) is 2.21. The molecular weight excluding hydrogens is 205 g/mol. The van der Waals surface area contributed by atoms with Gasteiger partial charge in [0.2, 0.25) is 0 Å². The van der Waals surface area contributed by atoms with Gasteiger partial charge in [0.1, 0.15) is 5.82 Å². The summed E-state index contributed by atoms with van der Waals surface area (Å²) in [4.78, 5) is 0. The van der Waals surface area contributed by atoms with Gasteiger partial charge >= 0.3 is 0 Å². The molecule has 2 nitrogen and oxygen atoms in total. The number of halogens is 3. The van der Waals surface area contributed by atoms with Crippen LogP contribution in [0.5, 0.6) is 0 Å². The van der Waals surface area contributed by atoms with Gasteiger partial charge in [-0.05, 0) is 6.92 Å². The van der Waals surface area contributed by atoms with E-state index in [2.05, 4.69) is 5.32 Å². The molecule has 1 N–H and O–H groups in total. The second kappa shape index (κ2) is 4.69. The van der Waals surface area contributed by atoms with E-state index in [1.54, 1.807) is 6.92 Å². The summed E-state index contributed by atoms with van der Waals surface area (Å²) in [5, 5.41) is 11.0. The van der Waals surface area contributed by atoms with E-state index in [0.29, 0.717) is 6.07 Å². The maximum absolute atomic E-state index is 13.0. The van der Waals surface area contributed by atoms with Crippen molar-refractivity contribution in [2.24, 2.45) is 5.92 Å². The summed E-state index contributed by atoms with van der Waals surface area (Å²) in [5.74, 6) is -3.56. The van der Waals surface area contributed by atoms with Gasteiger partial charge in [-0.1, -0.05) is 0 Å². The quantitative estimate of drug-likeness (QED) is 0.785. The van der Waals surface area contributed by atoms with Gasteiger partial charge in [0.25, 0.3) is 0 Å². The molecule has 5 heteroatoms. The summed E-state index contributed by atoms with van der Waals surface area (Å²) in [6.45, 7) is 1.81. The van der Waals surface area contributed by atoms with Gasteiger partial charge in [0.15, 0.2) is 11.6 Å². The van der Waals surface area contributed by atoms with Gasteiger partial charge in [-0.2, -0.15) is 5.26 Å². The topological polar surface area (TPSA) is 35.8 Å². The maximum Gasteiger partial charge on any atom is 0.161 e. The number of nitrogens with one attached hydrogen (secondary N) is 1. The van der Waals surface area contributed by atoms with E-state index < -0.39 is 17.5 Å². The van der Waals surface area contributed by atoms with Crippen molar-refractivity contribution in [3.63, 3.8) is 0 Å². The van der Waals surface area contributed by atoms with E-state index in [9.17, 15) is 13.2 Å². The fourth-order valence-electron chi connectivity index (χ4n) is 0.967. The third-order valence-electron chi connectivity index (χ3n) is 1.83. The van der Waals surface area contributed by atoms with Crippen LogP contribution in [0, 0.1) is 34.7 Å². The molecule has 80 valence electrons. The highest BCUT2D eigenvalue weighted by Gasteiger charge is 2.10. The number of nitrogens with zero attached hydrogens (tertiary/aromatic N) is 1. The smallest absolute Gasteiger partial charge is 0.161 e. The van der Waals surface area contributed by atoms with Crippen molar-refractivity contribution < 1.29 is 13.2 Å². The first-order valence-corrected chi connectivity index (χ1v) is 4.32. The molecule has 1 rings (SSSR count). The Balaban J connectivity index is 2.78. The zero-order valence-corrected chi connectivity index (χ0v) is 8.02. The predicted octanol–water partition coefficient (Wildman–Crippen LogP) is 2.68. The lowest BCUT2D eigenvalue weighted by Crippen LogP contribution is -2.11. The standard InChI is InChI=1S/C10H9F3N2/c1-6(4-14)5-15-10-3-8(12)7(11)2-9(10)13/h2-3,6,15H,5H2,1H3. The van der Waals surface area contributed by atoms with E-state index in [-0.39, 0.29) is 18.2 Å². The molecule has 1 unspecified atom stereocenters. The van der Waals surface area contributed by atoms with E-state index in [1.807, 2.05) is 6.07 Å². The molecule has 1 aromatic rings. The van der Waals surface area contributed by atoms with Crippen LogP contribution in [0.4, 0.5) is 18.9 Å². The second-order valence-electron chi connectivity index (χ2n) is 3.16. The van der Waals surface area contributed by atoms with E-state index in [4.69, 9.17) is 5.26 Å². The molecule has 0 heterocycles. The van der Waals surface area contributed by atoms with Crippen LogP contribution in [0.1, 0.15) is 6.92 Å². The van der Waals surface area contributed by atoms with Crippen molar-refractivity contribution in [3.05, 3.63) is 29.6 Å². The first-order valence-electron chi connectivity index (χ1n) is 4.32. The summed E-state index contributed by atoms with van der Waals surface area (Å²) in [5.41, 5.74) is -0.143. The lowest BCUT2D eigenvalue weighted by molar-refractivity contribution is 0.496. The van der Waals surface area contributed by atoms with Gasteiger partial charge in [-0.15, -0.1) is 0 Å². The van der Waals surface area contributed by atoms with Gasteiger partial charge in [-0.25, -0.2) is 13.2 Å². The van der Waals surface area contributed by atoms with Crippen molar-refractivity contribution in [1.82, 2.24) is 0 Å². The highest BCUT2D eigenvalue weighted by molar-refractivity contribution is 5.45. The van der Waals surface area contributed by atoms with Crippen LogP contribution < -0.4 is 5.32 Å². The molecule has 0 saturated heterocycles. The monoisotopic (exact) mass is 214 g/mol. The third kappa shape index (κ3) is 2.88. The maximum atomic E-state index is 13.0. The molecule has 1 aromatic carbocycles. The zero-order valence-electron chi connectivity index (χ0n) is 8.02. The summed E-state index contributed by atoms with van der Waals surface area (Å²) in [6, 6.07) is 3.13. The molecule has 0 spiro atoms. The first-order chi connectivity index (χ1) is 7.04. The van der Waals surface area contributed by atoms with E-state index in [1.165, 1.54) is 0 Å². The molecule has 0 fully saturated rings. The number of rotatable bonds is 3. The van der Waals surface area contributed by atoms with Crippen molar-refractivity contribution in [2.75, 3.05) is 11.9 Å². The summed E-state index contributed by atoms with van der Waals surface area (Å²) in [7, 11) is 0. The fraction of sp³-hybridized carbons (Fsp3) is 0.300. The molecule has 0 bridgehead atoms. The largest absolute Gasteiger partial charge is 0.381 e. The van der Waals surface area contributed by atoms with Crippen molar-refractivity contribution >= 4 is 5.69 Å². The van der Waals surface area contributed by atoms with Crippen LogP contribution in [0.25, 0.3) is 0 Å². The Morgan fingerprint density at radius 3 is 2.47 bits per heavy atom. The Kier molecular flexibility index (Phi) is 3.56. The Hall–Kier alpha value is -1.70. The number of hydrogen-bond acceptors (Lipinski definition) is 2. The third-order valence-corrected chi connectivity index (χ3v) is 1.83. The lowest BCUT2D eigenvalue weighted by Gasteiger charge is -2.08. The highest BCUT2D eigenvalue weighted by Crippen LogP contribution is 2.18. The van der Waals surface area contributed by atoms with Crippen LogP contribution in [0.3, 0.4) is 0 Å². The van der Waals surface area contributed by atoms with Gasteiger partial charge in [0.05, 0.1) is 17.7 Å². The van der Waals surface area contributed by atoms with Crippen LogP contribution in [-0.2, 0) is 0 Å². The van der Waals surface area contributed by atoms with Crippen LogP contribution in [-0.4, -0.2) is 6.54 Å². The summed E-state index contributed by atoms with van der Waals surface area (Å²) in [6.07, 6.45) is 0. The number of anilines is 1. The molecule has 1 atom stereocenters. The molecule has 0 aliphatic heterocycles. The number of nitriles is 1. The highest BCUT2D eigenvalue weighted by atomic mass is 19.2. The molecule has 0 aromatic heterocycles. The number of benzene rings is 1. The SMILES string of the molecule is CC(C#N)CNc1cc(F)c(F)cc1F. The van der Waals surface area contributed by atoms with Gasteiger partial charge in [0, 0.05) is 18.7 Å². The molecule has 0 aliphatic carbocycles. The Morgan fingerprint density at radius 2 is 1.87 bits per heavy atom. The van der Waals surface area contributed by atoms with E-state index in [0.717, 1.165) is 6.07 Å². The predicted molar refractivity (Wildman–Crippen MR) is 49.6 cm³/mol. The zero-order chi connectivity index (χ0) is 11.4. The van der Waals surface area contributed by atoms with Gasteiger partial charge < -0.3 is 5.32 Å². The van der Waals surface area contributed by atoms with Crippen LogP contribution in [0.2, 0.25) is 0 Å². The molecule has 0 amide bonds. The molecule has 0 saturated carbocycles. The summed E-state index contributed by atoms with van der Waals surface area (Å²) < 4.78 is 38.3. The normalized spacial score (nSPS) is 11.9. The Labute approximate surface area is 85.3 Å². The number of hydrogen-bond donors (Lipinski definition) is 1. The van der Waals surface area contributed by atoms with E-state index >= 15 is 0 Å². The lowest BCUT2D eigenvalue weighted by atomic mass is 10.2. The molecule has 0 aliphatic rings. The van der Waals surface area contributed by atoms with Gasteiger partial charge in [-0.3, -0.25) is 0 Å². The minimum atomic E-state index is -1.23. The molecular formula is C10H9F3N2. The van der Waals surface area contributed by atoms with Crippen molar-refractivity contribution in [1.29, 1.82) is 5.26 Å². The summed E-state index contributed by atoms with van der Waals surface area (Å²) >= 11 is 0. The second-order valence-corrected chi connectivity index (χ2v) is 3.16. The minimum absolute atomic E-state index is 0.143. The van der Waals surface area contributed by atoms with Crippen molar-refractivity contribution in [3.8, 4) is 6.07 Å². The van der Waals surface area contributed by atoms with Crippen LogP contribution >= 0.6 is 0 Å². The Morgan fingerprint density at radius 1 is 1.27 bits per heavy atom. The Bertz CT molecular complexity index is 398. The van der Waals surface area contributed by atoms with Crippen molar-refractivity contribution in [2.45, 2.75) is 6.92 Å². The minimum Gasteiger partial charge on any atom is -0.381 e. The first kappa shape index (κ1) is 11.4. The van der Waals surface area contributed by atoms with Crippen LogP contribution in [0.15, 0.2) is 12.1 Å².